The number of hydrogen-bond acceptors (Lipinski definition) is 7. The van der Waals surface area contributed by atoms with Crippen LogP contribution in [0, 0.1) is 16.0 Å². The van der Waals surface area contributed by atoms with E-state index in [9.17, 15) is 14.9 Å². The van der Waals surface area contributed by atoms with E-state index in [2.05, 4.69) is 11.9 Å². The highest BCUT2D eigenvalue weighted by Gasteiger charge is 2.37. The molecule has 0 N–H and O–H groups in total. The van der Waals surface area contributed by atoms with Gasteiger partial charge in [-0.3, -0.25) is 10.1 Å². The van der Waals surface area contributed by atoms with Crippen LogP contribution in [-0.2, 0) is 11.2 Å². The maximum absolute atomic E-state index is 12.3. The van der Waals surface area contributed by atoms with Gasteiger partial charge in [0.15, 0.2) is 0 Å². The molecule has 0 amide bonds. The Morgan fingerprint density at radius 1 is 1.39 bits per heavy atom. The minimum Gasteiger partial charge on any atom is -0.464 e. The van der Waals surface area contributed by atoms with E-state index in [-0.39, 0.29) is 29.7 Å². The zero-order valence-corrected chi connectivity index (χ0v) is 16.4. The number of anilines is 1. The Kier molecular flexibility index (Phi) is 5.96. The predicted molar refractivity (Wildman–Crippen MR) is 103 cm³/mol. The molecule has 1 aliphatic rings. The van der Waals surface area contributed by atoms with Crippen molar-refractivity contribution in [2.45, 2.75) is 46.1 Å². The molecule has 0 bridgehead atoms. The van der Waals surface area contributed by atoms with Gasteiger partial charge in [0.05, 0.1) is 17.6 Å². The topological polar surface area (TPSA) is 98.7 Å². The molecule has 0 unspecified atom stereocenters. The Balaban J connectivity index is 2.07. The van der Waals surface area contributed by atoms with E-state index >= 15 is 0 Å². The molecule has 3 heterocycles. The monoisotopic (exact) mass is 387 g/mol. The summed E-state index contributed by atoms with van der Waals surface area (Å²) in [4.78, 5) is 29.7. The molecular formula is C20H25N3O5. The lowest BCUT2D eigenvalue weighted by Gasteiger charge is -2.38. The van der Waals surface area contributed by atoms with Crippen molar-refractivity contribution in [2.75, 3.05) is 18.1 Å². The predicted octanol–water partition coefficient (Wildman–Crippen LogP) is 4.30. The number of hydrogen-bond donors (Lipinski definition) is 0. The molecule has 0 radical (unpaired) electrons. The molecule has 0 spiro atoms. The summed E-state index contributed by atoms with van der Waals surface area (Å²) in [5.74, 6) is 1.55. The van der Waals surface area contributed by atoms with Gasteiger partial charge in [-0.05, 0) is 43.9 Å². The molecule has 0 aromatic carbocycles. The Morgan fingerprint density at radius 3 is 2.82 bits per heavy atom. The molecular weight excluding hydrogens is 362 g/mol. The smallest absolute Gasteiger partial charge is 0.345 e. The van der Waals surface area contributed by atoms with E-state index in [1.807, 2.05) is 24.0 Å². The fourth-order valence-corrected chi connectivity index (χ4v) is 3.64. The van der Waals surface area contributed by atoms with Crippen molar-refractivity contribution in [1.29, 1.82) is 0 Å². The van der Waals surface area contributed by atoms with Crippen molar-refractivity contribution in [3.05, 3.63) is 51.6 Å². The lowest BCUT2D eigenvalue weighted by atomic mass is 9.91. The zero-order valence-electron chi connectivity index (χ0n) is 16.4. The van der Waals surface area contributed by atoms with E-state index in [0.29, 0.717) is 12.5 Å². The zero-order chi connectivity index (χ0) is 20.3. The number of nitrogens with zero attached hydrogens (tertiary/aromatic N) is 3. The molecule has 1 aliphatic heterocycles. The minimum atomic E-state index is -0.717. The average molecular weight is 387 g/mol. The number of furan rings is 1. The number of aryl methyl sites for hydroxylation is 1. The van der Waals surface area contributed by atoms with Crippen LogP contribution in [0.1, 0.15) is 61.5 Å². The van der Waals surface area contributed by atoms with Crippen LogP contribution in [0.2, 0.25) is 0 Å². The van der Waals surface area contributed by atoms with Gasteiger partial charge in [0, 0.05) is 19.2 Å². The van der Waals surface area contributed by atoms with Gasteiger partial charge < -0.3 is 14.1 Å². The quantitative estimate of drug-likeness (QED) is 0.414. The first kappa shape index (κ1) is 19.9. The maximum Gasteiger partial charge on any atom is 0.345 e. The van der Waals surface area contributed by atoms with E-state index in [1.165, 1.54) is 12.3 Å². The van der Waals surface area contributed by atoms with Gasteiger partial charge in [0.1, 0.15) is 17.1 Å². The Morgan fingerprint density at radius 2 is 2.18 bits per heavy atom. The van der Waals surface area contributed by atoms with Crippen LogP contribution in [-0.4, -0.2) is 29.0 Å². The lowest BCUT2D eigenvalue weighted by molar-refractivity contribution is -0.384. The Labute approximate surface area is 163 Å². The number of nitro groups is 1. The second-order valence-corrected chi connectivity index (χ2v) is 7.00. The molecule has 2 atom stereocenters. The van der Waals surface area contributed by atoms with E-state index in [1.54, 1.807) is 6.92 Å². The summed E-state index contributed by atoms with van der Waals surface area (Å²) in [7, 11) is 0. The number of carbonyl (C=O) groups excluding carboxylic acids is 1. The molecule has 8 heteroatoms. The van der Waals surface area contributed by atoms with Gasteiger partial charge in [-0.2, -0.15) is 0 Å². The second-order valence-electron chi connectivity index (χ2n) is 7.00. The highest BCUT2D eigenvalue weighted by atomic mass is 16.6. The highest BCUT2D eigenvalue weighted by Crippen LogP contribution is 2.41. The molecule has 28 heavy (non-hydrogen) atoms. The lowest BCUT2D eigenvalue weighted by Crippen LogP contribution is -2.37. The van der Waals surface area contributed by atoms with Gasteiger partial charge in [-0.15, -0.1) is 0 Å². The minimum absolute atomic E-state index is 0.0806. The van der Waals surface area contributed by atoms with Crippen molar-refractivity contribution in [2.24, 2.45) is 5.92 Å². The number of ether oxygens (including phenoxy) is 1. The summed E-state index contributed by atoms with van der Waals surface area (Å²) in [6.07, 6.45) is 3.86. The first-order valence-electron chi connectivity index (χ1n) is 9.61. The molecule has 1 saturated heterocycles. The van der Waals surface area contributed by atoms with Crippen molar-refractivity contribution in [1.82, 2.24) is 4.98 Å². The SMILES string of the molecule is CCOC(=O)c1ccnc(N2CC[C@@H](C)C[C@H]2c2ccc(CC)o2)c1[N+](=O)[O-]. The highest BCUT2D eigenvalue weighted by molar-refractivity contribution is 5.96. The van der Waals surface area contributed by atoms with Crippen LogP contribution in [0.25, 0.3) is 0 Å². The third kappa shape index (κ3) is 3.85. The Hall–Kier alpha value is -2.90. The van der Waals surface area contributed by atoms with Crippen molar-refractivity contribution < 1.29 is 18.9 Å². The summed E-state index contributed by atoms with van der Waals surface area (Å²) in [6, 6.07) is 5.02. The second kappa shape index (κ2) is 8.41. The molecule has 3 rings (SSSR count). The molecule has 8 nitrogen and oxygen atoms in total. The standard InChI is InChI=1S/C20H25N3O5/c1-4-14-6-7-17(28-14)16-12-13(3)9-11-22(16)19-18(23(25)26)15(8-10-21-19)20(24)27-5-2/h6-8,10,13,16H,4-5,9,11-12H2,1-3H3/t13-,16+/m1/s1. The van der Waals surface area contributed by atoms with Crippen LogP contribution in [0.5, 0.6) is 0 Å². The summed E-state index contributed by atoms with van der Waals surface area (Å²) in [6.45, 7) is 6.57. The van der Waals surface area contributed by atoms with Gasteiger partial charge in [0.25, 0.3) is 0 Å². The Bertz CT molecular complexity index is 863. The van der Waals surface area contributed by atoms with Crippen LogP contribution >= 0.6 is 0 Å². The summed E-state index contributed by atoms with van der Waals surface area (Å²) >= 11 is 0. The number of pyridine rings is 1. The van der Waals surface area contributed by atoms with Gasteiger partial charge >= 0.3 is 11.7 Å². The number of rotatable bonds is 6. The summed E-state index contributed by atoms with van der Waals surface area (Å²) in [5.41, 5.74) is -0.398. The maximum atomic E-state index is 12.3. The third-order valence-electron chi connectivity index (χ3n) is 5.08. The van der Waals surface area contributed by atoms with E-state index < -0.39 is 10.9 Å². The molecule has 150 valence electrons. The molecule has 2 aromatic rings. The normalized spacial score (nSPS) is 19.5. The average Bonchev–Trinajstić information content (AvgIpc) is 3.16. The van der Waals surface area contributed by atoms with Gasteiger partial charge in [0.2, 0.25) is 5.82 Å². The van der Waals surface area contributed by atoms with Gasteiger partial charge in [-0.25, -0.2) is 9.78 Å². The molecule has 2 aromatic heterocycles. The van der Waals surface area contributed by atoms with Crippen LogP contribution in [0.4, 0.5) is 11.5 Å². The van der Waals surface area contributed by atoms with Crippen molar-refractivity contribution in [3.63, 3.8) is 0 Å². The third-order valence-corrected chi connectivity index (χ3v) is 5.08. The number of esters is 1. The number of aromatic nitrogens is 1. The molecule has 0 aliphatic carbocycles. The largest absolute Gasteiger partial charge is 0.464 e. The number of piperidine rings is 1. The van der Waals surface area contributed by atoms with Crippen LogP contribution in [0.3, 0.4) is 0 Å². The first-order chi connectivity index (χ1) is 13.5. The summed E-state index contributed by atoms with van der Waals surface area (Å²) in [5, 5.41) is 11.9. The summed E-state index contributed by atoms with van der Waals surface area (Å²) < 4.78 is 11.0. The van der Waals surface area contributed by atoms with Crippen molar-refractivity contribution >= 4 is 17.5 Å². The van der Waals surface area contributed by atoms with Gasteiger partial charge in [-0.1, -0.05) is 13.8 Å². The first-order valence-corrected chi connectivity index (χ1v) is 9.61. The number of carbonyl (C=O) groups is 1. The van der Waals surface area contributed by atoms with Crippen LogP contribution in [0.15, 0.2) is 28.8 Å². The van der Waals surface area contributed by atoms with E-state index in [4.69, 9.17) is 9.15 Å². The van der Waals surface area contributed by atoms with E-state index in [0.717, 1.165) is 30.8 Å². The fraction of sp³-hybridized carbons (Fsp3) is 0.500. The molecule has 0 saturated carbocycles. The molecule has 1 fully saturated rings. The van der Waals surface area contributed by atoms with Crippen molar-refractivity contribution in [3.8, 4) is 0 Å². The fourth-order valence-electron chi connectivity index (χ4n) is 3.64. The van der Waals surface area contributed by atoms with Crippen LogP contribution < -0.4 is 4.90 Å².